The Labute approximate surface area is 91.1 Å². The van der Waals surface area contributed by atoms with Crippen LogP contribution in [-0.4, -0.2) is 20.0 Å². The average Bonchev–Trinajstić information content (AvgIpc) is 2.17. The van der Waals surface area contributed by atoms with E-state index in [-0.39, 0.29) is 5.78 Å². The zero-order chi connectivity index (χ0) is 10.7. The summed E-state index contributed by atoms with van der Waals surface area (Å²) in [4.78, 5) is 11.2. The maximum atomic E-state index is 11.2. The number of halogens is 1. The molecule has 0 saturated heterocycles. The van der Waals surface area contributed by atoms with Crippen LogP contribution in [0.2, 0.25) is 0 Å². The molecule has 0 radical (unpaired) electrons. The van der Waals surface area contributed by atoms with E-state index in [1.165, 1.54) is 14.0 Å². The van der Waals surface area contributed by atoms with Crippen molar-refractivity contribution in [1.29, 1.82) is 0 Å². The lowest BCUT2D eigenvalue weighted by molar-refractivity contribution is 0.101. The number of methoxy groups -OCH3 is 2. The summed E-state index contributed by atoms with van der Waals surface area (Å²) in [6.07, 6.45) is 0. The smallest absolute Gasteiger partial charge is 0.163 e. The van der Waals surface area contributed by atoms with Gasteiger partial charge in [-0.25, -0.2) is 0 Å². The van der Waals surface area contributed by atoms with Crippen LogP contribution in [0.15, 0.2) is 16.6 Å². The van der Waals surface area contributed by atoms with E-state index in [1.807, 2.05) is 0 Å². The van der Waals surface area contributed by atoms with Crippen LogP contribution in [0.3, 0.4) is 0 Å². The van der Waals surface area contributed by atoms with E-state index in [2.05, 4.69) is 15.9 Å². The van der Waals surface area contributed by atoms with Gasteiger partial charge >= 0.3 is 0 Å². The standard InChI is InChI=1S/C10H11BrO3/c1-6(12)7-4-5-8(13-2)9(11)10(7)14-3/h4-5H,1-3H3. The van der Waals surface area contributed by atoms with Gasteiger partial charge in [0.1, 0.15) is 16.0 Å². The summed E-state index contributed by atoms with van der Waals surface area (Å²) in [5, 5.41) is 0. The van der Waals surface area contributed by atoms with Crippen molar-refractivity contribution in [2.75, 3.05) is 14.2 Å². The number of ketones is 1. The minimum absolute atomic E-state index is 0.0368. The van der Waals surface area contributed by atoms with Gasteiger partial charge < -0.3 is 9.47 Å². The molecule has 0 atom stereocenters. The summed E-state index contributed by atoms with van der Waals surface area (Å²) in [7, 11) is 3.08. The molecule has 0 spiro atoms. The summed E-state index contributed by atoms with van der Waals surface area (Å²) in [6.45, 7) is 1.50. The second kappa shape index (κ2) is 4.46. The van der Waals surface area contributed by atoms with Crippen molar-refractivity contribution >= 4 is 21.7 Å². The third kappa shape index (κ3) is 1.90. The van der Waals surface area contributed by atoms with Gasteiger partial charge in [-0.05, 0) is 35.0 Å². The molecular formula is C10H11BrO3. The topological polar surface area (TPSA) is 35.5 Å². The molecule has 4 heteroatoms. The summed E-state index contributed by atoms with van der Waals surface area (Å²) in [5.74, 6) is 1.12. The molecule has 76 valence electrons. The van der Waals surface area contributed by atoms with Gasteiger partial charge in [0, 0.05) is 0 Å². The highest BCUT2D eigenvalue weighted by atomic mass is 79.9. The molecule has 1 aromatic carbocycles. The van der Waals surface area contributed by atoms with Gasteiger partial charge in [-0.15, -0.1) is 0 Å². The molecule has 0 N–H and O–H groups in total. The number of ether oxygens (including phenoxy) is 2. The summed E-state index contributed by atoms with van der Waals surface area (Å²) >= 11 is 3.32. The maximum absolute atomic E-state index is 11.2. The van der Waals surface area contributed by atoms with Crippen LogP contribution in [0.1, 0.15) is 17.3 Å². The maximum Gasteiger partial charge on any atom is 0.163 e. The van der Waals surface area contributed by atoms with Crippen molar-refractivity contribution in [2.24, 2.45) is 0 Å². The Bertz CT molecular complexity index is 361. The molecule has 0 aromatic heterocycles. The second-order valence-corrected chi connectivity index (χ2v) is 3.51. The van der Waals surface area contributed by atoms with Gasteiger partial charge in [0.15, 0.2) is 5.78 Å². The van der Waals surface area contributed by atoms with Crippen molar-refractivity contribution in [3.63, 3.8) is 0 Å². The summed E-state index contributed by atoms with van der Waals surface area (Å²) < 4.78 is 10.9. The lowest BCUT2D eigenvalue weighted by Crippen LogP contribution is -1.99. The van der Waals surface area contributed by atoms with Gasteiger partial charge in [0.25, 0.3) is 0 Å². The van der Waals surface area contributed by atoms with Crippen molar-refractivity contribution in [3.05, 3.63) is 22.2 Å². The van der Waals surface area contributed by atoms with Gasteiger partial charge in [0.05, 0.1) is 19.8 Å². The van der Waals surface area contributed by atoms with Crippen molar-refractivity contribution in [2.45, 2.75) is 6.92 Å². The molecular weight excluding hydrogens is 248 g/mol. The van der Waals surface area contributed by atoms with Crippen molar-refractivity contribution < 1.29 is 14.3 Å². The first-order valence-electron chi connectivity index (χ1n) is 4.03. The lowest BCUT2D eigenvalue weighted by Gasteiger charge is -2.11. The fraction of sp³-hybridized carbons (Fsp3) is 0.300. The zero-order valence-electron chi connectivity index (χ0n) is 8.26. The largest absolute Gasteiger partial charge is 0.495 e. The molecule has 0 aliphatic rings. The summed E-state index contributed by atoms with van der Waals surface area (Å²) in [5.41, 5.74) is 0.542. The molecule has 0 fully saturated rings. The summed E-state index contributed by atoms with van der Waals surface area (Å²) in [6, 6.07) is 3.41. The van der Waals surface area contributed by atoms with Crippen LogP contribution in [0.25, 0.3) is 0 Å². The molecule has 3 nitrogen and oxygen atoms in total. The molecule has 14 heavy (non-hydrogen) atoms. The Balaban J connectivity index is 3.35. The Morgan fingerprint density at radius 2 is 1.93 bits per heavy atom. The quantitative estimate of drug-likeness (QED) is 0.783. The number of rotatable bonds is 3. The Morgan fingerprint density at radius 3 is 2.36 bits per heavy atom. The number of Topliss-reactive ketones (excluding diaryl/α,β-unsaturated/α-hetero) is 1. The Morgan fingerprint density at radius 1 is 1.29 bits per heavy atom. The van der Waals surface area contributed by atoms with E-state index in [0.29, 0.717) is 21.5 Å². The number of carbonyl (C=O) groups is 1. The first-order chi connectivity index (χ1) is 6.61. The highest BCUT2D eigenvalue weighted by Crippen LogP contribution is 2.37. The third-order valence-electron chi connectivity index (χ3n) is 1.87. The highest BCUT2D eigenvalue weighted by Gasteiger charge is 2.14. The zero-order valence-corrected chi connectivity index (χ0v) is 9.84. The molecule has 0 amide bonds. The first kappa shape index (κ1) is 11.0. The monoisotopic (exact) mass is 258 g/mol. The first-order valence-corrected chi connectivity index (χ1v) is 4.82. The molecule has 0 saturated carbocycles. The second-order valence-electron chi connectivity index (χ2n) is 2.72. The molecule has 0 unspecified atom stereocenters. The normalized spacial score (nSPS) is 9.71. The lowest BCUT2D eigenvalue weighted by atomic mass is 10.1. The average molecular weight is 259 g/mol. The Kier molecular flexibility index (Phi) is 3.52. The van der Waals surface area contributed by atoms with Gasteiger partial charge in [-0.3, -0.25) is 4.79 Å². The van der Waals surface area contributed by atoms with E-state index < -0.39 is 0 Å². The van der Waals surface area contributed by atoms with E-state index in [9.17, 15) is 4.79 Å². The van der Waals surface area contributed by atoms with Crippen LogP contribution < -0.4 is 9.47 Å². The van der Waals surface area contributed by atoms with Crippen molar-refractivity contribution in [1.82, 2.24) is 0 Å². The van der Waals surface area contributed by atoms with Crippen LogP contribution in [-0.2, 0) is 0 Å². The third-order valence-corrected chi connectivity index (χ3v) is 2.62. The van der Waals surface area contributed by atoms with Gasteiger partial charge in [0.2, 0.25) is 0 Å². The van der Waals surface area contributed by atoms with Gasteiger partial charge in [-0.2, -0.15) is 0 Å². The predicted octanol–water partition coefficient (Wildman–Crippen LogP) is 2.67. The minimum Gasteiger partial charge on any atom is -0.495 e. The number of benzene rings is 1. The SMILES string of the molecule is COc1ccc(C(C)=O)c(OC)c1Br. The van der Waals surface area contributed by atoms with Crippen molar-refractivity contribution in [3.8, 4) is 11.5 Å². The number of hydrogen-bond acceptors (Lipinski definition) is 3. The van der Waals surface area contributed by atoms with Crippen LogP contribution in [0.4, 0.5) is 0 Å². The van der Waals surface area contributed by atoms with Crippen LogP contribution in [0, 0.1) is 0 Å². The molecule has 1 rings (SSSR count). The molecule has 1 aromatic rings. The molecule has 0 bridgehead atoms. The number of hydrogen-bond donors (Lipinski definition) is 0. The molecule has 0 aliphatic carbocycles. The predicted molar refractivity (Wildman–Crippen MR) is 57.3 cm³/mol. The van der Waals surface area contributed by atoms with E-state index >= 15 is 0 Å². The van der Waals surface area contributed by atoms with E-state index in [0.717, 1.165) is 0 Å². The molecule has 0 aliphatic heterocycles. The Hall–Kier alpha value is -1.03. The van der Waals surface area contributed by atoms with Gasteiger partial charge in [-0.1, -0.05) is 0 Å². The van der Waals surface area contributed by atoms with Crippen LogP contribution in [0.5, 0.6) is 11.5 Å². The fourth-order valence-electron chi connectivity index (χ4n) is 1.17. The minimum atomic E-state index is -0.0368. The van der Waals surface area contributed by atoms with E-state index in [4.69, 9.17) is 9.47 Å². The van der Waals surface area contributed by atoms with E-state index in [1.54, 1.807) is 19.2 Å². The fourth-order valence-corrected chi connectivity index (χ4v) is 1.84. The number of carbonyl (C=O) groups excluding carboxylic acids is 1. The van der Waals surface area contributed by atoms with Crippen LogP contribution >= 0.6 is 15.9 Å². The highest BCUT2D eigenvalue weighted by molar-refractivity contribution is 9.10. The molecule has 0 heterocycles.